The van der Waals surface area contributed by atoms with Crippen LogP contribution in [0.5, 0.6) is 5.75 Å². The van der Waals surface area contributed by atoms with Crippen LogP contribution >= 0.6 is 11.6 Å². The topological polar surface area (TPSA) is 87.5 Å². The van der Waals surface area contributed by atoms with Gasteiger partial charge in [0.15, 0.2) is 0 Å². The number of sulfonamides is 1. The summed E-state index contributed by atoms with van der Waals surface area (Å²) in [6, 6.07) is 21.3. The summed E-state index contributed by atoms with van der Waals surface area (Å²) >= 11 is 5.89. The fourth-order valence-corrected chi connectivity index (χ4v) is 3.78. The van der Waals surface area contributed by atoms with Gasteiger partial charge in [-0.2, -0.15) is 5.26 Å². The van der Waals surface area contributed by atoms with E-state index in [1.165, 1.54) is 38.4 Å². The van der Waals surface area contributed by atoms with E-state index in [2.05, 4.69) is 6.07 Å². The van der Waals surface area contributed by atoms with Gasteiger partial charge < -0.3 is 4.74 Å². The number of hydrogen-bond donors (Lipinski definition) is 0. The van der Waals surface area contributed by atoms with Gasteiger partial charge in [0.2, 0.25) is 10.0 Å². The molecule has 0 fully saturated rings. The van der Waals surface area contributed by atoms with E-state index in [0.717, 1.165) is 15.4 Å². The van der Waals surface area contributed by atoms with E-state index in [4.69, 9.17) is 16.3 Å². The molecule has 0 heterocycles. The highest BCUT2D eigenvalue weighted by Gasteiger charge is 2.18. The number of nitriles is 1. The van der Waals surface area contributed by atoms with Crippen molar-refractivity contribution in [1.82, 2.24) is 4.31 Å². The van der Waals surface area contributed by atoms with E-state index >= 15 is 0 Å². The first-order valence-corrected chi connectivity index (χ1v) is 11.2. The molecule has 0 saturated heterocycles. The Morgan fingerprint density at radius 3 is 2.03 bits per heavy atom. The van der Waals surface area contributed by atoms with Gasteiger partial charge in [-0.15, -0.1) is 0 Å². The number of nitrogens with zero attached hydrogens (tertiary/aromatic N) is 2. The van der Waals surface area contributed by atoms with Gasteiger partial charge in [-0.3, -0.25) is 0 Å². The van der Waals surface area contributed by atoms with Crippen LogP contribution in [0.4, 0.5) is 0 Å². The summed E-state index contributed by atoms with van der Waals surface area (Å²) in [6.07, 6.45) is 1.72. The van der Waals surface area contributed by atoms with Gasteiger partial charge in [0.05, 0.1) is 22.1 Å². The van der Waals surface area contributed by atoms with Gasteiger partial charge in [-0.1, -0.05) is 35.9 Å². The van der Waals surface area contributed by atoms with E-state index in [1.807, 2.05) is 0 Å². The van der Waals surface area contributed by atoms with Crippen molar-refractivity contribution in [3.8, 4) is 11.8 Å². The van der Waals surface area contributed by atoms with Crippen LogP contribution in [0.2, 0.25) is 5.02 Å². The number of halogens is 1. The lowest BCUT2D eigenvalue weighted by Gasteiger charge is -2.11. The summed E-state index contributed by atoms with van der Waals surface area (Å²) in [5, 5.41) is 10.0. The standard InChI is InChI=1S/C24H19ClN2O4S/c1-27(2)32(29,30)23-13-7-19(8-14-23)24(28)31-22-11-3-17(4-12-22)15-20(16-26)18-5-9-21(25)10-6-18/h3-15H,1-2H3/b20-15-. The minimum Gasteiger partial charge on any atom is -0.423 e. The van der Waals surface area contributed by atoms with Crippen LogP contribution in [0.25, 0.3) is 11.6 Å². The molecule has 0 radical (unpaired) electrons. The SMILES string of the molecule is CN(C)S(=O)(=O)c1ccc(C(=O)Oc2ccc(/C=C(/C#N)c3ccc(Cl)cc3)cc2)cc1. The van der Waals surface area contributed by atoms with Crippen LogP contribution < -0.4 is 4.74 Å². The molecular formula is C24H19ClN2O4S. The smallest absolute Gasteiger partial charge is 0.343 e. The molecule has 0 amide bonds. The molecular weight excluding hydrogens is 448 g/mol. The molecule has 3 aromatic rings. The maximum absolute atomic E-state index is 12.4. The highest BCUT2D eigenvalue weighted by atomic mass is 35.5. The van der Waals surface area contributed by atoms with Crippen molar-refractivity contribution in [3.05, 3.63) is 94.5 Å². The Bertz CT molecular complexity index is 1290. The molecule has 0 atom stereocenters. The maximum atomic E-state index is 12.4. The number of hydrogen-bond acceptors (Lipinski definition) is 5. The Labute approximate surface area is 192 Å². The number of esters is 1. The van der Waals surface area contributed by atoms with Crippen molar-refractivity contribution in [1.29, 1.82) is 5.26 Å². The number of ether oxygens (including phenoxy) is 1. The molecule has 0 aliphatic rings. The molecule has 0 aromatic heterocycles. The molecule has 0 aliphatic heterocycles. The first-order chi connectivity index (χ1) is 15.2. The molecule has 0 saturated carbocycles. The molecule has 162 valence electrons. The summed E-state index contributed by atoms with van der Waals surface area (Å²) in [6.45, 7) is 0. The molecule has 0 aliphatic carbocycles. The Hall–Kier alpha value is -3.44. The number of benzene rings is 3. The Morgan fingerprint density at radius 2 is 1.50 bits per heavy atom. The summed E-state index contributed by atoms with van der Waals surface area (Å²) < 4.78 is 30.7. The lowest BCUT2D eigenvalue weighted by molar-refractivity contribution is 0.0734. The molecule has 32 heavy (non-hydrogen) atoms. The molecule has 3 rings (SSSR count). The Kier molecular flexibility index (Phi) is 7.11. The number of carbonyl (C=O) groups is 1. The van der Waals surface area contributed by atoms with Crippen LogP contribution in [0, 0.1) is 11.3 Å². The van der Waals surface area contributed by atoms with Crippen molar-refractivity contribution in [3.63, 3.8) is 0 Å². The van der Waals surface area contributed by atoms with Crippen molar-refractivity contribution >= 4 is 39.2 Å². The first-order valence-electron chi connectivity index (χ1n) is 9.43. The third-order valence-corrected chi connectivity index (χ3v) is 6.63. The van der Waals surface area contributed by atoms with Crippen LogP contribution in [-0.2, 0) is 10.0 Å². The summed E-state index contributed by atoms with van der Waals surface area (Å²) in [7, 11) is -0.699. The van der Waals surface area contributed by atoms with Crippen molar-refractivity contribution in [2.24, 2.45) is 0 Å². The zero-order valence-corrected chi connectivity index (χ0v) is 18.9. The second kappa shape index (κ2) is 9.79. The van der Waals surface area contributed by atoms with Crippen molar-refractivity contribution in [2.75, 3.05) is 14.1 Å². The zero-order chi connectivity index (χ0) is 23.3. The van der Waals surface area contributed by atoms with E-state index in [1.54, 1.807) is 54.6 Å². The minimum atomic E-state index is -3.57. The molecule has 8 heteroatoms. The number of rotatable bonds is 6. The van der Waals surface area contributed by atoms with E-state index < -0.39 is 16.0 Å². The predicted octanol–water partition coefficient (Wildman–Crippen LogP) is 4.87. The van der Waals surface area contributed by atoms with Crippen LogP contribution in [-0.4, -0.2) is 32.8 Å². The first kappa shape index (κ1) is 23.2. The van der Waals surface area contributed by atoms with Gasteiger partial charge in [-0.25, -0.2) is 17.5 Å². The molecule has 0 bridgehead atoms. The fourth-order valence-electron chi connectivity index (χ4n) is 2.75. The van der Waals surface area contributed by atoms with Crippen LogP contribution in [0.3, 0.4) is 0 Å². The molecule has 0 unspecified atom stereocenters. The summed E-state index contributed by atoms with van der Waals surface area (Å²) in [4.78, 5) is 12.5. The van der Waals surface area contributed by atoms with E-state index in [9.17, 15) is 18.5 Å². The third-order valence-electron chi connectivity index (χ3n) is 4.55. The van der Waals surface area contributed by atoms with Crippen LogP contribution in [0.1, 0.15) is 21.5 Å². The highest BCUT2D eigenvalue weighted by Crippen LogP contribution is 2.22. The fraction of sp³-hybridized carbons (Fsp3) is 0.0833. The van der Waals surface area contributed by atoms with Crippen molar-refractivity contribution in [2.45, 2.75) is 4.90 Å². The summed E-state index contributed by atoms with van der Waals surface area (Å²) in [5.41, 5.74) is 2.20. The van der Waals surface area contributed by atoms with Gasteiger partial charge in [0.1, 0.15) is 5.75 Å². The largest absolute Gasteiger partial charge is 0.423 e. The molecule has 6 nitrogen and oxygen atoms in total. The van der Waals surface area contributed by atoms with E-state index in [0.29, 0.717) is 16.3 Å². The predicted molar refractivity (Wildman–Crippen MR) is 124 cm³/mol. The van der Waals surface area contributed by atoms with Gasteiger partial charge >= 0.3 is 5.97 Å². The third kappa shape index (κ3) is 5.42. The van der Waals surface area contributed by atoms with Crippen molar-refractivity contribution < 1.29 is 17.9 Å². The Balaban J connectivity index is 1.72. The highest BCUT2D eigenvalue weighted by molar-refractivity contribution is 7.89. The minimum absolute atomic E-state index is 0.0872. The number of carbonyl (C=O) groups excluding carboxylic acids is 1. The average molecular weight is 467 g/mol. The second-order valence-corrected chi connectivity index (χ2v) is 9.54. The zero-order valence-electron chi connectivity index (χ0n) is 17.3. The lowest BCUT2D eigenvalue weighted by Crippen LogP contribution is -2.22. The maximum Gasteiger partial charge on any atom is 0.343 e. The quantitative estimate of drug-likeness (QED) is 0.224. The van der Waals surface area contributed by atoms with E-state index in [-0.39, 0.29) is 10.5 Å². The molecule has 0 N–H and O–H groups in total. The lowest BCUT2D eigenvalue weighted by atomic mass is 10.0. The summed E-state index contributed by atoms with van der Waals surface area (Å²) in [5.74, 6) is -0.289. The van der Waals surface area contributed by atoms with Gasteiger partial charge in [-0.05, 0) is 65.7 Å². The monoisotopic (exact) mass is 466 g/mol. The Morgan fingerprint density at radius 1 is 0.938 bits per heavy atom. The average Bonchev–Trinajstić information content (AvgIpc) is 2.79. The van der Waals surface area contributed by atoms with Crippen LogP contribution in [0.15, 0.2) is 77.7 Å². The van der Waals surface area contributed by atoms with Gasteiger partial charge in [0.25, 0.3) is 0 Å². The molecule has 0 spiro atoms. The van der Waals surface area contributed by atoms with Gasteiger partial charge in [0, 0.05) is 19.1 Å². The number of allylic oxidation sites excluding steroid dienone is 1. The second-order valence-electron chi connectivity index (χ2n) is 6.95. The normalized spacial score (nSPS) is 11.8. The molecule has 3 aromatic carbocycles.